The molecule has 0 aromatic carbocycles. The number of nitrogens with zero attached hydrogens (tertiary/aromatic N) is 3. The molecule has 1 N–H and O–H groups in total. The fraction of sp³-hybridized carbons (Fsp3) is 0.476. The zero-order valence-corrected chi connectivity index (χ0v) is 18.9. The van der Waals surface area contributed by atoms with Gasteiger partial charge < -0.3 is 19.0 Å². The summed E-state index contributed by atoms with van der Waals surface area (Å²) in [5, 5.41) is 4.66. The van der Waals surface area contributed by atoms with E-state index < -0.39 is 5.91 Å². The minimum Gasteiger partial charge on any atom is -0.466 e. The van der Waals surface area contributed by atoms with Crippen LogP contribution in [0.15, 0.2) is 28.2 Å². The van der Waals surface area contributed by atoms with E-state index in [9.17, 15) is 19.2 Å². The molecule has 2 aromatic rings. The Bertz CT molecular complexity index is 949. The first-order valence-electron chi connectivity index (χ1n) is 10.3. The molecule has 3 heterocycles. The van der Waals surface area contributed by atoms with Crippen LogP contribution in [0.4, 0.5) is 5.13 Å². The van der Waals surface area contributed by atoms with Gasteiger partial charge >= 0.3 is 5.97 Å². The van der Waals surface area contributed by atoms with Gasteiger partial charge in [0.25, 0.3) is 5.91 Å². The van der Waals surface area contributed by atoms with Crippen molar-refractivity contribution in [1.82, 2.24) is 14.8 Å². The number of anilines is 1. The van der Waals surface area contributed by atoms with E-state index in [1.165, 1.54) is 22.5 Å². The Morgan fingerprint density at radius 1 is 1.31 bits per heavy atom. The highest BCUT2D eigenvalue weighted by atomic mass is 32.1. The van der Waals surface area contributed by atoms with Gasteiger partial charge in [0.1, 0.15) is 0 Å². The summed E-state index contributed by atoms with van der Waals surface area (Å²) in [6.45, 7) is 3.01. The summed E-state index contributed by atoms with van der Waals surface area (Å²) in [4.78, 5) is 56.2. The summed E-state index contributed by atoms with van der Waals surface area (Å²) in [5.41, 5.74) is 0.504. The normalized spacial score (nSPS) is 14.1. The van der Waals surface area contributed by atoms with Crippen LogP contribution in [0.5, 0.6) is 0 Å². The molecule has 10 nitrogen and oxygen atoms in total. The van der Waals surface area contributed by atoms with Crippen LogP contribution in [-0.4, -0.2) is 71.8 Å². The van der Waals surface area contributed by atoms with Gasteiger partial charge in [0.2, 0.25) is 11.8 Å². The Kier molecular flexibility index (Phi) is 7.98. The van der Waals surface area contributed by atoms with E-state index in [1.807, 2.05) is 0 Å². The molecule has 0 radical (unpaired) electrons. The number of nitrogens with one attached hydrogen (secondary N) is 1. The van der Waals surface area contributed by atoms with Crippen LogP contribution in [0.1, 0.15) is 36.0 Å². The number of amides is 3. The maximum atomic E-state index is 12.6. The number of carbonyl (C=O) groups excluding carboxylic acids is 4. The Labute approximate surface area is 189 Å². The highest BCUT2D eigenvalue weighted by molar-refractivity contribution is 7.14. The predicted octanol–water partition coefficient (Wildman–Crippen LogP) is 1.79. The van der Waals surface area contributed by atoms with Gasteiger partial charge in [-0.05, 0) is 31.9 Å². The lowest BCUT2D eigenvalue weighted by Crippen LogP contribution is -2.46. The number of aromatic nitrogens is 1. The van der Waals surface area contributed by atoms with Crippen LogP contribution < -0.4 is 5.32 Å². The SMILES string of the molecule is CCOC(=O)C1CCN(C(=O)CN(C)C(=O)Cc2csc(NC(=O)c3ccco3)n2)CC1. The smallest absolute Gasteiger partial charge is 0.309 e. The van der Waals surface area contributed by atoms with Crippen LogP contribution in [-0.2, 0) is 25.5 Å². The monoisotopic (exact) mass is 462 g/mol. The number of thiazole rings is 1. The summed E-state index contributed by atoms with van der Waals surface area (Å²) in [6.07, 6.45) is 2.55. The number of likely N-dealkylation sites (tertiary alicyclic amines) is 1. The number of ether oxygens (including phenoxy) is 1. The van der Waals surface area contributed by atoms with Crippen LogP contribution in [0.3, 0.4) is 0 Å². The fourth-order valence-corrected chi connectivity index (χ4v) is 4.02. The zero-order valence-electron chi connectivity index (χ0n) is 18.0. The third-order valence-electron chi connectivity index (χ3n) is 5.12. The first kappa shape index (κ1) is 23.5. The Hall–Kier alpha value is -3.21. The minimum atomic E-state index is -0.420. The molecule has 1 fully saturated rings. The number of hydrogen-bond acceptors (Lipinski definition) is 8. The Balaban J connectivity index is 1.44. The lowest BCUT2D eigenvalue weighted by molar-refractivity contribution is -0.151. The molecule has 0 saturated carbocycles. The van der Waals surface area contributed by atoms with Crippen molar-refractivity contribution in [3.63, 3.8) is 0 Å². The Morgan fingerprint density at radius 2 is 2.06 bits per heavy atom. The molecule has 0 spiro atoms. The van der Waals surface area contributed by atoms with Gasteiger partial charge in [-0.1, -0.05) is 0 Å². The standard InChI is InChI=1S/C21H26N4O6S/c1-3-30-20(29)14-6-8-25(9-7-14)18(27)12-24(2)17(26)11-15-13-32-21(22-15)23-19(28)16-5-4-10-31-16/h4-5,10,13-14H,3,6-9,11-12H2,1-2H3,(H,22,23,28). The molecule has 11 heteroatoms. The van der Waals surface area contributed by atoms with Gasteiger partial charge in [0.05, 0.1) is 37.4 Å². The van der Waals surface area contributed by atoms with Crippen molar-refractivity contribution >= 4 is 40.2 Å². The fourth-order valence-electron chi connectivity index (χ4n) is 3.32. The van der Waals surface area contributed by atoms with Crippen molar-refractivity contribution in [3.8, 4) is 0 Å². The molecule has 1 aliphatic heterocycles. The number of furan rings is 1. The number of likely N-dealkylation sites (N-methyl/N-ethyl adjacent to an activating group) is 1. The molecule has 3 amide bonds. The number of carbonyl (C=O) groups is 4. The number of esters is 1. The average Bonchev–Trinajstić information content (AvgIpc) is 3.46. The summed E-state index contributed by atoms with van der Waals surface area (Å²) in [5.74, 6) is -1.05. The highest BCUT2D eigenvalue weighted by Gasteiger charge is 2.29. The molecule has 0 aliphatic carbocycles. The number of rotatable bonds is 8. The van der Waals surface area contributed by atoms with Gasteiger partial charge in [-0.25, -0.2) is 4.98 Å². The second-order valence-corrected chi connectivity index (χ2v) is 8.27. The highest BCUT2D eigenvalue weighted by Crippen LogP contribution is 2.20. The topological polar surface area (TPSA) is 122 Å². The van der Waals surface area contributed by atoms with Crippen molar-refractivity contribution in [2.45, 2.75) is 26.2 Å². The second-order valence-electron chi connectivity index (χ2n) is 7.41. The first-order valence-corrected chi connectivity index (χ1v) is 11.2. The van der Waals surface area contributed by atoms with E-state index in [4.69, 9.17) is 9.15 Å². The summed E-state index contributed by atoms with van der Waals surface area (Å²) >= 11 is 1.20. The zero-order chi connectivity index (χ0) is 23.1. The molecular weight excluding hydrogens is 436 g/mol. The molecule has 0 bridgehead atoms. The molecule has 0 unspecified atom stereocenters. The minimum absolute atomic E-state index is 0.0157. The summed E-state index contributed by atoms with van der Waals surface area (Å²) < 4.78 is 10.1. The largest absolute Gasteiger partial charge is 0.466 e. The predicted molar refractivity (Wildman–Crippen MR) is 116 cm³/mol. The van der Waals surface area contributed by atoms with E-state index >= 15 is 0 Å². The molecule has 0 atom stereocenters. The van der Waals surface area contributed by atoms with Crippen molar-refractivity contribution in [3.05, 3.63) is 35.2 Å². The quantitative estimate of drug-likeness (QED) is 0.594. The molecular formula is C21H26N4O6S. The summed E-state index contributed by atoms with van der Waals surface area (Å²) in [6, 6.07) is 3.15. The van der Waals surface area contributed by atoms with Gasteiger partial charge in [0, 0.05) is 25.5 Å². The van der Waals surface area contributed by atoms with E-state index in [1.54, 1.807) is 36.4 Å². The maximum absolute atomic E-state index is 12.6. The molecule has 1 aliphatic rings. The van der Waals surface area contributed by atoms with E-state index in [2.05, 4.69) is 10.3 Å². The van der Waals surface area contributed by atoms with Gasteiger partial charge in [-0.2, -0.15) is 0 Å². The van der Waals surface area contributed by atoms with Crippen molar-refractivity contribution in [2.75, 3.05) is 38.6 Å². The van der Waals surface area contributed by atoms with E-state index in [0.29, 0.717) is 43.4 Å². The lowest BCUT2D eigenvalue weighted by Gasteiger charge is -2.32. The van der Waals surface area contributed by atoms with Gasteiger partial charge in [0.15, 0.2) is 10.9 Å². The maximum Gasteiger partial charge on any atom is 0.309 e. The first-order chi connectivity index (χ1) is 15.4. The molecule has 2 aromatic heterocycles. The number of piperidine rings is 1. The number of hydrogen-bond donors (Lipinski definition) is 1. The Morgan fingerprint density at radius 3 is 2.72 bits per heavy atom. The summed E-state index contributed by atoms with van der Waals surface area (Å²) in [7, 11) is 1.57. The van der Waals surface area contributed by atoms with Crippen molar-refractivity contribution in [2.24, 2.45) is 5.92 Å². The van der Waals surface area contributed by atoms with Gasteiger partial charge in [-0.15, -0.1) is 11.3 Å². The third kappa shape index (κ3) is 6.16. The van der Waals surface area contributed by atoms with Crippen LogP contribution in [0.2, 0.25) is 0 Å². The molecule has 1 saturated heterocycles. The van der Waals surface area contributed by atoms with Crippen LogP contribution in [0, 0.1) is 5.92 Å². The van der Waals surface area contributed by atoms with E-state index in [-0.39, 0.29) is 42.4 Å². The van der Waals surface area contributed by atoms with Crippen LogP contribution >= 0.6 is 11.3 Å². The molecule has 172 valence electrons. The van der Waals surface area contributed by atoms with Crippen molar-refractivity contribution in [1.29, 1.82) is 0 Å². The third-order valence-corrected chi connectivity index (χ3v) is 5.92. The second kappa shape index (κ2) is 10.9. The van der Waals surface area contributed by atoms with Crippen LogP contribution in [0.25, 0.3) is 0 Å². The lowest BCUT2D eigenvalue weighted by atomic mass is 9.97. The van der Waals surface area contributed by atoms with Crippen molar-refractivity contribution < 1.29 is 28.3 Å². The molecule has 3 rings (SSSR count). The molecule has 32 heavy (non-hydrogen) atoms. The van der Waals surface area contributed by atoms with E-state index in [0.717, 1.165) is 0 Å². The van der Waals surface area contributed by atoms with Gasteiger partial charge in [-0.3, -0.25) is 24.5 Å². The average molecular weight is 463 g/mol.